The molecule has 1 aromatic heterocycles. The number of nitro groups is 1. The minimum atomic E-state index is -0.495. The molecule has 1 heterocycles. The molecule has 1 aromatic carbocycles. The van der Waals surface area contributed by atoms with E-state index in [0.29, 0.717) is 26.8 Å². The molecule has 104 valence electrons. The number of aromatic nitrogens is 1. The van der Waals surface area contributed by atoms with Crippen molar-refractivity contribution in [1.29, 1.82) is 0 Å². The number of ether oxygens (including phenoxy) is 1. The lowest BCUT2D eigenvalue weighted by molar-refractivity contribution is -0.385. The van der Waals surface area contributed by atoms with Crippen LogP contribution in [-0.4, -0.2) is 9.91 Å². The Balaban J connectivity index is 2.20. The summed E-state index contributed by atoms with van der Waals surface area (Å²) in [5.74, 6) is 0.658. The first-order valence-corrected chi connectivity index (χ1v) is 6.62. The van der Waals surface area contributed by atoms with Gasteiger partial charge in [-0.2, -0.15) is 0 Å². The van der Waals surface area contributed by atoms with Gasteiger partial charge < -0.3 is 10.5 Å². The van der Waals surface area contributed by atoms with Crippen molar-refractivity contribution in [3.8, 4) is 5.75 Å². The van der Waals surface area contributed by atoms with Gasteiger partial charge in [0.05, 0.1) is 26.2 Å². The molecule has 0 spiro atoms. The van der Waals surface area contributed by atoms with Gasteiger partial charge in [-0.15, -0.1) is 0 Å². The molecule has 0 aliphatic carbocycles. The Morgan fingerprint density at radius 1 is 1.40 bits per heavy atom. The Labute approximate surface area is 127 Å². The second-order valence-electron chi connectivity index (χ2n) is 3.83. The van der Waals surface area contributed by atoms with Gasteiger partial charge in [0.25, 0.3) is 5.69 Å². The van der Waals surface area contributed by atoms with E-state index >= 15 is 0 Å². The number of nitrogens with zero attached hydrogens (tertiary/aromatic N) is 2. The fourth-order valence-electron chi connectivity index (χ4n) is 1.46. The third-order valence-corrected chi connectivity index (χ3v) is 3.43. The van der Waals surface area contributed by atoms with Crippen LogP contribution in [0.2, 0.25) is 5.02 Å². The first-order valence-electron chi connectivity index (χ1n) is 5.45. The maximum Gasteiger partial charge on any atom is 0.273 e. The molecule has 20 heavy (non-hydrogen) atoms. The average molecular weight is 359 g/mol. The minimum absolute atomic E-state index is 0.0592. The molecule has 0 bridgehead atoms. The van der Waals surface area contributed by atoms with E-state index in [2.05, 4.69) is 20.9 Å². The smallest absolute Gasteiger partial charge is 0.273 e. The number of non-ortho nitro benzene ring substituents is 1. The monoisotopic (exact) mass is 357 g/mol. The lowest BCUT2D eigenvalue weighted by Crippen LogP contribution is -2.02. The highest BCUT2D eigenvalue weighted by atomic mass is 79.9. The Hall–Kier alpha value is -1.86. The average Bonchev–Trinajstić information content (AvgIpc) is 2.41. The molecule has 2 N–H and O–H groups in total. The normalized spacial score (nSPS) is 10.3. The van der Waals surface area contributed by atoms with Crippen LogP contribution in [-0.2, 0) is 6.61 Å². The Bertz CT molecular complexity index is 666. The molecule has 0 aliphatic heterocycles. The van der Waals surface area contributed by atoms with Crippen LogP contribution in [0.25, 0.3) is 0 Å². The second kappa shape index (κ2) is 6.06. The molecule has 0 fully saturated rings. The van der Waals surface area contributed by atoms with E-state index in [1.165, 1.54) is 12.1 Å². The second-order valence-corrected chi connectivity index (χ2v) is 5.09. The summed E-state index contributed by atoms with van der Waals surface area (Å²) in [5.41, 5.74) is 5.97. The summed E-state index contributed by atoms with van der Waals surface area (Å²) in [6.45, 7) is 0.0592. The van der Waals surface area contributed by atoms with Crippen molar-refractivity contribution >= 4 is 39.0 Å². The van der Waals surface area contributed by atoms with E-state index in [1.807, 2.05) is 0 Å². The first kappa shape index (κ1) is 14.5. The quantitative estimate of drug-likeness (QED) is 0.666. The van der Waals surface area contributed by atoms with Crippen molar-refractivity contribution < 1.29 is 9.66 Å². The topological polar surface area (TPSA) is 91.3 Å². The van der Waals surface area contributed by atoms with Crippen LogP contribution in [0, 0.1) is 10.1 Å². The number of benzene rings is 1. The van der Waals surface area contributed by atoms with Crippen LogP contribution in [0.1, 0.15) is 5.69 Å². The van der Waals surface area contributed by atoms with Gasteiger partial charge in [0.1, 0.15) is 18.2 Å². The van der Waals surface area contributed by atoms with Gasteiger partial charge in [-0.3, -0.25) is 10.1 Å². The highest BCUT2D eigenvalue weighted by Crippen LogP contribution is 2.30. The molecule has 0 saturated carbocycles. The summed E-state index contributed by atoms with van der Waals surface area (Å²) in [7, 11) is 0. The van der Waals surface area contributed by atoms with E-state index in [-0.39, 0.29) is 12.3 Å². The maximum absolute atomic E-state index is 10.7. The Morgan fingerprint density at radius 2 is 2.15 bits per heavy atom. The fourth-order valence-corrected chi connectivity index (χ4v) is 1.99. The molecule has 0 amide bonds. The van der Waals surface area contributed by atoms with Crippen molar-refractivity contribution in [3.63, 3.8) is 0 Å². The highest BCUT2D eigenvalue weighted by molar-refractivity contribution is 9.10. The number of hydrogen-bond donors (Lipinski definition) is 1. The SMILES string of the molecule is Nc1ccc(Cl)c(COc2cc([N+](=O)[O-])ccc2Br)n1. The molecular weight excluding hydrogens is 350 g/mol. The summed E-state index contributed by atoms with van der Waals surface area (Å²) in [4.78, 5) is 14.3. The number of rotatable bonds is 4. The number of nitrogens with two attached hydrogens (primary N) is 1. The van der Waals surface area contributed by atoms with Gasteiger partial charge >= 0.3 is 0 Å². The van der Waals surface area contributed by atoms with Gasteiger partial charge in [0.2, 0.25) is 0 Å². The number of nitrogen functional groups attached to an aromatic ring is 1. The third kappa shape index (κ3) is 3.37. The van der Waals surface area contributed by atoms with Crippen molar-refractivity contribution in [2.75, 3.05) is 5.73 Å². The fraction of sp³-hybridized carbons (Fsp3) is 0.0833. The zero-order valence-electron chi connectivity index (χ0n) is 10.0. The van der Waals surface area contributed by atoms with Crippen LogP contribution in [0.4, 0.5) is 11.5 Å². The molecule has 0 radical (unpaired) electrons. The number of nitro benzene ring substituents is 1. The molecule has 0 aliphatic rings. The van der Waals surface area contributed by atoms with E-state index in [9.17, 15) is 10.1 Å². The molecule has 0 saturated heterocycles. The van der Waals surface area contributed by atoms with Crippen LogP contribution in [0.15, 0.2) is 34.8 Å². The van der Waals surface area contributed by atoms with E-state index < -0.39 is 4.92 Å². The van der Waals surface area contributed by atoms with E-state index in [4.69, 9.17) is 22.1 Å². The summed E-state index contributed by atoms with van der Waals surface area (Å²) in [5, 5.41) is 11.1. The predicted molar refractivity (Wildman–Crippen MR) is 78.8 cm³/mol. The Kier molecular flexibility index (Phi) is 4.41. The van der Waals surface area contributed by atoms with Crippen molar-refractivity contribution in [2.24, 2.45) is 0 Å². The van der Waals surface area contributed by atoms with Gasteiger partial charge in [0.15, 0.2) is 0 Å². The van der Waals surface area contributed by atoms with Crippen molar-refractivity contribution in [2.45, 2.75) is 6.61 Å². The predicted octanol–water partition coefficient (Wildman–Crippen LogP) is 3.57. The van der Waals surface area contributed by atoms with Crippen LogP contribution in [0.3, 0.4) is 0 Å². The number of anilines is 1. The summed E-state index contributed by atoms with van der Waals surface area (Å²) in [6.07, 6.45) is 0. The lowest BCUT2D eigenvalue weighted by atomic mass is 10.3. The summed E-state index contributed by atoms with van der Waals surface area (Å²) >= 11 is 9.23. The molecule has 0 unspecified atom stereocenters. The maximum atomic E-state index is 10.7. The lowest BCUT2D eigenvalue weighted by Gasteiger charge is -2.09. The van der Waals surface area contributed by atoms with Crippen molar-refractivity contribution in [3.05, 3.63) is 55.6 Å². The molecule has 2 aromatic rings. The van der Waals surface area contributed by atoms with Crippen molar-refractivity contribution in [1.82, 2.24) is 4.98 Å². The van der Waals surface area contributed by atoms with E-state index in [1.54, 1.807) is 18.2 Å². The third-order valence-electron chi connectivity index (χ3n) is 2.43. The van der Waals surface area contributed by atoms with Gasteiger partial charge in [-0.05, 0) is 34.1 Å². The standard InChI is InChI=1S/C12H9BrClN3O3/c13-8-2-1-7(17(18)19)5-11(8)20-6-10-9(14)3-4-12(15)16-10/h1-5H,6H2,(H2,15,16). The molecule has 6 nitrogen and oxygen atoms in total. The number of halogens is 2. The number of hydrogen-bond acceptors (Lipinski definition) is 5. The van der Waals surface area contributed by atoms with Crippen LogP contribution in [0.5, 0.6) is 5.75 Å². The molecule has 8 heteroatoms. The van der Waals surface area contributed by atoms with Gasteiger partial charge in [0, 0.05) is 6.07 Å². The van der Waals surface area contributed by atoms with E-state index in [0.717, 1.165) is 0 Å². The summed E-state index contributed by atoms with van der Waals surface area (Å²) in [6, 6.07) is 7.44. The molecular formula is C12H9BrClN3O3. The van der Waals surface area contributed by atoms with Crippen LogP contribution < -0.4 is 10.5 Å². The first-order chi connectivity index (χ1) is 9.47. The zero-order chi connectivity index (χ0) is 14.7. The molecule has 2 rings (SSSR count). The number of pyridine rings is 1. The zero-order valence-corrected chi connectivity index (χ0v) is 12.4. The largest absolute Gasteiger partial charge is 0.486 e. The minimum Gasteiger partial charge on any atom is -0.486 e. The van der Waals surface area contributed by atoms with Crippen LogP contribution >= 0.6 is 27.5 Å². The Morgan fingerprint density at radius 3 is 2.85 bits per heavy atom. The molecule has 0 atom stereocenters. The van der Waals surface area contributed by atoms with Gasteiger partial charge in [-0.1, -0.05) is 11.6 Å². The highest BCUT2D eigenvalue weighted by Gasteiger charge is 2.12. The van der Waals surface area contributed by atoms with Gasteiger partial charge in [-0.25, -0.2) is 4.98 Å². The summed E-state index contributed by atoms with van der Waals surface area (Å²) < 4.78 is 6.10.